The van der Waals surface area contributed by atoms with Gasteiger partial charge in [0.15, 0.2) is 0 Å². The van der Waals surface area contributed by atoms with Crippen LogP contribution in [-0.4, -0.2) is 10.2 Å². The third kappa shape index (κ3) is 1.46. The molecule has 1 aromatic heterocycles. The highest BCUT2D eigenvalue weighted by atomic mass is 79.9. The SMILES string of the molecule is CCc1n[nH]c2c(Cl)cc(Br)cc12. The topological polar surface area (TPSA) is 28.7 Å². The zero-order chi connectivity index (χ0) is 9.42. The number of H-pyrrole nitrogens is 1. The van der Waals surface area contributed by atoms with Crippen LogP contribution in [0.4, 0.5) is 0 Å². The number of benzene rings is 1. The standard InChI is InChI=1S/C9H8BrClN2/c1-2-8-6-3-5(10)4-7(11)9(6)13-12-8/h3-4H,2H2,1H3,(H,12,13). The van der Waals surface area contributed by atoms with Crippen molar-refractivity contribution in [3.8, 4) is 0 Å². The smallest absolute Gasteiger partial charge is 0.0840 e. The Labute approximate surface area is 89.4 Å². The zero-order valence-electron chi connectivity index (χ0n) is 7.06. The molecule has 68 valence electrons. The van der Waals surface area contributed by atoms with Gasteiger partial charge in [0.2, 0.25) is 0 Å². The van der Waals surface area contributed by atoms with Crippen LogP contribution in [-0.2, 0) is 6.42 Å². The van der Waals surface area contributed by atoms with Gasteiger partial charge in [0.1, 0.15) is 0 Å². The molecule has 2 nitrogen and oxygen atoms in total. The summed E-state index contributed by atoms with van der Waals surface area (Å²) < 4.78 is 0.987. The van der Waals surface area contributed by atoms with Crippen LogP contribution in [0.1, 0.15) is 12.6 Å². The molecular formula is C9H8BrClN2. The Morgan fingerprint density at radius 3 is 3.00 bits per heavy atom. The molecule has 0 aliphatic carbocycles. The summed E-state index contributed by atoms with van der Waals surface area (Å²) in [7, 11) is 0. The predicted octanol–water partition coefficient (Wildman–Crippen LogP) is 3.54. The Kier molecular flexibility index (Phi) is 2.30. The van der Waals surface area contributed by atoms with Crippen molar-refractivity contribution in [1.82, 2.24) is 10.2 Å². The number of aromatic amines is 1. The second-order valence-electron chi connectivity index (χ2n) is 2.83. The van der Waals surface area contributed by atoms with Gasteiger partial charge in [-0.1, -0.05) is 34.5 Å². The predicted molar refractivity (Wildman–Crippen MR) is 58.2 cm³/mol. The Bertz CT molecular complexity index is 450. The minimum atomic E-state index is 0.705. The highest BCUT2D eigenvalue weighted by molar-refractivity contribution is 9.10. The molecule has 13 heavy (non-hydrogen) atoms. The second kappa shape index (κ2) is 3.31. The van der Waals surface area contributed by atoms with Gasteiger partial charge < -0.3 is 0 Å². The molecule has 0 bridgehead atoms. The van der Waals surface area contributed by atoms with Crippen molar-refractivity contribution in [3.05, 3.63) is 27.3 Å². The van der Waals surface area contributed by atoms with E-state index in [1.807, 2.05) is 12.1 Å². The molecule has 2 aromatic rings. The van der Waals surface area contributed by atoms with Crippen LogP contribution in [0.25, 0.3) is 10.9 Å². The van der Waals surface area contributed by atoms with E-state index in [1.54, 1.807) is 0 Å². The van der Waals surface area contributed by atoms with Crippen molar-refractivity contribution in [2.24, 2.45) is 0 Å². The Balaban J connectivity index is 2.82. The van der Waals surface area contributed by atoms with Crippen LogP contribution in [0.2, 0.25) is 5.02 Å². The number of aryl methyl sites for hydroxylation is 1. The first kappa shape index (κ1) is 9.03. The number of hydrogen-bond acceptors (Lipinski definition) is 1. The number of nitrogens with one attached hydrogen (secondary N) is 1. The molecule has 0 aliphatic heterocycles. The van der Waals surface area contributed by atoms with E-state index in [4.69, 9.17) is 11.6 Å². The van der Waals surface area contributed by atoms with E-state index in [9.17, 15) is 0 Å². The monoisotopic (exact) mass is 258 g/mol. The molecule has 0 saturated heterocycles. The molecule has 2 rings (SSSR count). The van der Waals surface area contributed by atoms with E-state index in [0.29, 0.717) is 5.02 Å². The lowest BCUT2D eigenvalue weighted by Crippen LogP contribution is -1.79. The summed E-state index contributed by atoms with van der Waals surface area (Å²) in [5.41, 5.74) is 1.97. The lowest BCUT2D eigenvalue weighted by Gasteiger charge is -1.96. The molecule has 0 amide bonds. The van der Waals surface area contributed by atoms with Crippen molar-refractivity contribution in [1.29, 1.82) is 0 Å². The summed E-state index contributed by atoms with van der Waals surface area (Å²) in [6, 6.07) is 3.89. The Morgan fingerprint density at radius 2 is 2.31 bits per heavy atom. The molecular weight excluding hydrogens is 251 g/mol. The van der Waals surface area contributed by atoms with Crippen molar-refractivity contribution >= 4 is 38.4 Å². The number of fused-ring (bicyclic) bond motifs is 1. The molecule has 0 spiro atoms. The van der Waals surface area contributed by atoms with Gasteiger partial charge in [-0.05, 0) is 18.6 Å². The van der Waals surface area contributed by atoms with Gasteiger partial charge in [0.05, 0.1) is 16.2 Å². The minimum absolute atomic E-state index is 0.705. The second-order valence-corrected chi connectivity index (χ2v) is 4.16. The van der Waals surface area contributed by atoms with Gasteiger partial charge in [-0.2, -0.15) is 5.10 Å². The zero-order valence-corrected chi connectivity index (χ0v) is 9.41. The van der Waals surface area contributed by atoms with Crippen LogP contribution < -0.4 is 0 Å². The first-order valence-corrected chi connectivity index (χ1v) is 5.21. The number of aromatic nitrogens is 2. The van der Waals surface area contributed by atoms with Crippen LogP contribution in [0.3, 0.4) is 0 Å². The number of halogens is 2. The molecule has 4 heteroatoms. The number of rotatable bonds is 1. The van der Waals surface area contributed by atoms with Crippen molar-refractivity contribution in [2.45, 2.75) is 13.3 Å². The van der Waals surface area contributed by atoms with Crippen LogP contribution >= 0.6 is 27.5 Å². The fraction of sp³-hybridized carbons (Fsp3) is 0.222. The summed E-state index contributed by atoms with van der Waals surface area (Å²) in [5.74, 6) is 0. The van der Waals surface area contributed by atoms with Crippen molar-refractivity contribution < 1.29 is 0 Å². The summed E-state index contributed by atoms with van der Waals surface area (Å²) in [5, 5.41) is 8.92. The highest BCUT2D eigenvalue weighted by Crippen LogP contribution is 2.28. The van der Waals surface area contributed by atoms with Gasteiger partial charge in [-0.25, -0.2) is 0 Å². The molecule has 0 saturated carbocycles. The Morgan fingerprint density at radius 1 is 1.54 bits per heavy atom. The lowest BCUT2D eigenvalue weighted by atomic mass is 10.2. The molecule has 0 atom stereocenters. The van der Waals surface area contributed by atoms with Crippen LogP contribution in [0.15, 0.2) is 16.6 Å². The van der Waals surface area contributed by atoms with E-state index in [0.717, 1.165) is 27.5 Å². The molecule has 0 radical (unpaired) electrons. The molecule has 1 aromatic carbocycles. The van der Waals surface area contributed by atoms with Gasteiger partial charge in [-0.3, -0.25) is 5.10 Å². The first-order chi connectivity index (χ1) is 6.22. The van der Waals surface area contributed by atoms with E-state index >= 15 is 0 Å². The normalized spacial score (nSPS) is 11.0. The molecule has 1 heterocycles. The maximum atomic E-state index is 6.03. The Hall–Kier alpha value is -0.540. The summed E-state index contributed by atoms with van der Waals surface area (Å²) in [6.45, 7) is 2.07. The highest BCUT2D eigenvalue weighted by Gasteiger charge is 2.07. The van der Waals surface area contributed by atoms with Gasteiger partial charge in [-0.15, -0.1) is 0 Å². The third-order valence-electron chi connectivity index (χ3n) is 2.00. The van der Waals surface area contributed by atoms with E-state index in [2.05, 4.69) is 33.1 Å². The van der Waals surface area contributed by atoms with E-state index in [-0.39, 0.29) is 0 Å². The van der Waals surface area contributed by atoms with Crippen molar-refractivity contribution in [2.75, 3.05) is 0 Å². The van der Waals surface area contributed by atoms with Gasteiger partial charge >= 0.3 is 0 Å². The van der Waals surface area contributed by atoms with Crippen molar-refractivity contribution in [3.63, 3.8) is 0 Å². The lowest BCUT2D eigenvalue weighted by molar-refractivity contribution is 0.988. The maximum absolute atomic E-state index is 6.03. The molecule has 0 unspecified atom stereocenters. The third-order valence-corrected chi connectivity index (χ3v) is 2.76. The van der Waals surface area contributed by atoms with Gasteiger partial charge in [0.25, 0.3) is 0 Å². The van der Waals surface area contributed by atoms with Gasteiger partial charge in [0, 0.05) is 9.86 Å². The fourth-order valence-electron chi connectivity index (χ4n) is 1.37. The van der Waals surface area contributed by atoms with Crippen LogP contribution in [0, 0.1) is 0 Å². The number of nitrogens with zero attached hydrogens (tertiary/aromatic N) is 1. The average molecular weight is 260 g/mol. The number of hydrogen-bond donors (Lipinski definition) is 1. The largest absolute Gasteiger partial charge is 0.276 e. The van der Waals surface area contributed by atoms with E-state index in [1.165, 1.54) is 0 Å². The summed E-state index contributed by atoms with van der Waals surface area (Å²) in [4.78, 5) is 0. The quantitative estimate of drug-likeness (QED) is 0.834. The van der Waals surface area contributed by atoms with E-state index < -0.39 is 0 Å². The average Bonchev–Trinajstić information content (AvgIpc) is 2.47. The molecule has 0 fully saturated rings. The summed E-state index contributed by atoms with van der Waals surface area (Å²) >= 11 is 9.44. The molecule has 1 N–H and O–H groups in total. The first-order valence-electron chi connectivity index (χ1n) is 4.04. The molecule has 0 aliphatic rings. The van der Waals surface area contributed by atoms with Crippen LogP contribution in [0.5, 0.6) is 0 Å². The fourth-order valence-corrected chi connectivity index (χ4v) is 2.22. The maximum Gasteiger partial charge on any atom is 0.0840 e. The minimum Gasteiger partial charge on any atom is -0.276 e. The summed E-state index contributed by atoms with van der Waals surface area (Å²) in [6.07, 6.45) is 0.910.